The average Bonchev–Trinajstić information content (AvgIpc) is 2.79. The molecule has 31 heavy (non-hydrogen) atoms. The van der Waals surface area contributed by atoms with E-state index in [0.29, 0.717) is 11.5 Å². The van der Waals surface area contributed by atoms with Crippen molar-refractivity contribution in [2.75, 3.05) is 47.1 Å². The van der Waals surface area contributed by atoms with Crippen LogP contribution in [0.5, 0.6) is 5.75 Å². The molecule has 0 aliphatic heterocycles. The van der Waals surface area contributed by atoms with E-state index in [1.807, 2.05) is 42.5 Å². The minimum atomic E-state index is 0.0206. The average molecular weight is 443 g/mol. The van der Waals surface area contributed by atoms with E-state index in [2.05, 4.69) is 28.6 Å². The molecule has 1 atom stereocenters. The van der Waals surface area contributed by atoms with Crippen LogP contribution in [0, 0.1) is 5.92 Å². The first-order chi connectivity index (χ1) is 14.9. The number of guanidine groups is 1. The molecule has 0 radical (unpaired) electrons. The van der Waals surface area contributed by atoms with Crippen LogP contribution in [-0.4, -0.2) is 63.9 Å². The maximum Gasteiger partial charge on any atom is 0.253 e. The zero-order valence-electron chi connectivity index (χ0n) is 19.1. The van der Waals surface area contributed by atoms with Crippen LogP contribution in [0.2, 0.25) is 0 Å². The van der Waals surface area contributed by atoms with Crippen molar-refractivity contribution in [2.45, 2.75) is 18.2 Å². The molecule has 0 aliphatic carbocycles. The summed E-state index contributed by atoms with van der Waals surface area (Å²) in [5.74, 6) is 3.17. The molecule has 0 aromatic heterocycles. The van der Waals surface area contributed by atoms with Gasteiger partial charge < -0.3 is 20.3 Å². The quantitative estimate of drug-likeness (QED) is 0.335. The summed E-state index contributed by atoms with van der Waals surface area (Å²) in [4.78, 5) is 19.2. The fourth-order valence-corrected chi connectivity index (χ4v) is 4.01. The molecule has 0 spiro atoms. The van der Waals surface area contributed by atoms with Crippen LogP contribution in [-0.2, 0) is 6.42 Å². The molecule has 0 saturated carbocycles. The molecule has 0 fully saturated rings. The van der Waals surface area contributed by atoms with Gasteiger partial charge >= 0.3 is 0 Å². The third-order valence-corrected chi connectivity index (χ3v) is 6.10. The molecule has 1 unspecified atom stereocenters. The number of para-hydroxylation sites is 1. The fraction of sp³-hybridized carbons (Fsp3) is 0.417. The second-order valence-corrected chi connectivity index (χ2v) is 8.66. The first-order valence-electron chi connectivity index (χ1n) is 10.5. The summed E-state index contributed by atoms with van der Waals surface area (Å²) < 4.78 is 5.42. The molecule has 0 aliphatic rings. The van der Waals surface area contributed by atoms with E-state index in [9.17, 15) is 4.79 Å². The Morgan fingerprint density at radius 1 is 1.16 bits per heavy atom. The van der Waals surface area contributed by atoms with Gasteiger partial charge in [0.1, 0.15) is 5.75 Å². The molecular formula is C24H34N4O2S. The van der Waals surface area contributed by atoms with Crippen LogP contribution in [0.4, 0.5) is 0 Å². The molecule has 2 aromatic carbocycles. The van der Waals surface area contributed by atoms with E-state index < -0.39 is 0 Å². The summed E-state index contributed by atoms with van der Waals surface area (Å²) in [6.07, 6.45) is 0.814. The zero-order valence-corrected chi connectivity index (χ0v) is 20.0. The second-order valence-electron chi connectivity index (χ2n) is 7.60. The minimum absolute atomic E-state index is 0.0206. The highest BCUT2D eigenvalue weighted by Gasteiger charge is 2.09. The lowest BCUT2D eigenvalue weighted by atomic mass is 10.1. The van der Waals surface area contributed by atoms with Crippen molar-refractivity contribution in [3.8, 4) is 5.75 Å². The van der Waals surface area contributed by atoms with Gasteiger partial charge in [-0.25, -0.2) is 0 Å². The van der Waals surface area contributed by atoms with Crippen molar-refractivity contribution in [2.24, 2.45) is 10.9 Å². The van der Waals surface area contributed by atoms with Crippen molar-refractivity contribution in [1.29, 1.82) is 0 Å². The van der Waals surface area contributed by atoms with Crippen molar-refractivity contribution < 1.29 is 9.53 Å². The van der Waals surface area contributed by atoms with Crippen molar-refractivity contribution in [1.82, 2.24) is 15.5 Å². The molecule has 2 aromatic rings. The summed E-state index contributed by atoms with van der Waals surface area (Å²) >= 11 is 1.80. The summed E-state index contributed by atoms with van der Waals surface area (Å²) in [6, 6.07) is 15.9. The van der Waals surface area contributed by atoms with Crippen LogP contribution < -0.4 is 15.4 Å². The molecule has 0 bridgehead atoms. The van der Waals surface area contributed by atoms with Crippen LogP contribution >= 0.6 is 11.8 Å². The number of hydrogen-bond acceptors (Lipinski definition) is 4. The van der Waals surface area contributed by atoms with E-state index in [0.717, 1.165) is 47.4 Å². The predicted molar refractivity (Wildman–Crippen MR) is 130 cm³/mol. The molecule has 2 N–H and O–H groups in total. The summed E-state index contributed by atoms with van der Waals surface area (Å²) in [7, 11) is 7.01. The summed E-state index contributed by atoms with van der Waals surface area (Å²) in [5, 5.41) is 6.75. The lowest BCUT2D eigenvalue weighted by Gasteiger charge is -2.16. The topological polar surface area (TPSA) is 66.0 Å². The molecule has 2 rings (SSSR count). The lowest BCUT2D eigenvalue weighted by molar-refractivity contribution is 0.0827. The van der Waals surface area contributed by atoms with E-state index in [1.54, 1.807) is 44.9 Å². The maximum atomic E-state index is 12.1. The van der Waals surface area contributed by atoms with E-state index in [1.165, 1.54) is 0 Å². The van der Waals surface area contributed by atoms with Crippen LogP contribution in [0.25, 0.3) is 0 Å². The van der Waals surface area contributed by atoms with Crippen molar-refractivity contribution in [3.05, 3.63) is 59.7 Å². The Morgan fingerprint density at radius 3 is 2.65 bits per heavy atom. The molecule has 7 heteroatoms. The Morgan fingerprint density at radius 2 is 1.94 bits per heavy atom. The molecule has 1 amide bonds. The molecule has 6 nitrogen and oxygen atoms in total. The maximum absolute atomic E-state index is 12.1. The SMILES string of the molecule is CN=C(NCCc1cccc(C(=O)N(C)C)c1)NCC(C)CSc1ccccc1OC. The number of hydrogen-bond donors (Lipinski definition) is 2. The second kappa shape index (κ2) is 12.9. The number of carbonyl (C=O) groups excluding carboxylic acids is 1. The number of benzene rings is 2. The van der Waals surface area contributed by atoms with E-state index >= 15 is 0 Å². The lowest BCUT2D eigenvalue weighted by Crippen LogP contribution is -2.40. The van der Waals surface area contributed by atoms with Gasteiger partial charge in [-0.1, -0.05) is 31.2 Å². The number of aliphatic imine (C=N–C) groups is 1. The summed E-state index contributed by atoms with van der Waals surface area (Å²) in [6.45, 7) is 3.79. The highest BCUT2D eigenvalue weighted by atomic mass is 32.2. The highest BCUT2D eigenvalue weighted by molar-refractivity contribution is 7.99. The predicted octanol–water partition coefficient (Wildman–Crippen LogP) is 3.53. The van der Waals surface area contributed by atoms with Crippen LogP contribution in [0.3, 0.4) is 0 Å². The number of methoxy groups -OCH3 is 1. The number of carbonyl (C=O) groups is 1. The van der Waals surface area contributed by atoms with Gasteiger partial charge in [-0.3, -0.25) is 9.79 Å². The fourth-order valence-electron chi connectivity index (χ4n) is 2.96. The van der Waals surface area contributed by atoms with Crippen molar-refractivity contribution >= 4 is 23.6 Å². The molecule has 168 valence electrons. The Bertz CT molecular complexity index is 870. The highest BCUT2D eigenvalue weighted by Crippen LogP contribution is 2.29. The zero-order chi connectivity index (χ0) is 22.6. The number of nitrogens with one attached hydrogen (secondary N) is 2. The first-order valence-corrected chi connectivity index (χ1v) is 11.4. The molecule has 0 saturated heterocycles. The monoisotopic (exact) mass is 442 g/mol. The minimum Gasteiger partial charge on any atom is -0.496 e. The number of rotatable bonds is 10. The van der Waals surface area contributed by atoms with Gasteiger partial charge in [0.2, 0.25) is 0 Å². The van der Waals surface area contributed by atoms with Gasteiger partial charge in [-0.2, -0.15) is 0 Å². The van der Waals surface area contributed by atoms with Gasteiger partial charge in [-0.05, 0) is 42.2 Å². The number of ether oxygens (including phenoxy) is 1. The Hall–Kier alpha value is -2.67. The number of amides is 1. The smallest absolute Gasteiger partial charge is 0.253 e. The van der Waals surface area contributed by atoms with Gasteiger partial charge in [0.25, 0.3) is 5.91 Å². The van der Waals surface area contributed by atoms with Gasteiger partial charge in [0, 0.05) is 50.4 Å². The first kappa shape index (κ1) is 24.6. The van der Waals surface area contributed by atoms with Gasteiger partial charge in [0.15, 0.2) is 5.96 Å². The third kappa shape index (κ3) is 8.17. The number of nitrogens with zero attached hydrogens (tertiary/aromatic N) is 2. The Kier molecular flexibility index (Phi) is 10.2. The largest absolute Gasteiger partial charge is 0.496 e. The molecule has 0 heterocycles. The third-order valence-electron chi connectivity index (χ3n) is 4.72. The molecular weight excluding hydrogens is 408 g/mol. The van der Waals surface area contributed by atoms with Crippen molar-refractivity contribution in [3.63, 3.8) is 0 Å². The Labute approximate surface area is 190 Å². The van der Waals surface area contributed by atoms with Crippen LogP contribution in [0.1, 0.15) is 22.8 Å². The van der Waals surface area contributed by atoms with Crippen LogP contribution in [0.15, 0.2) is 58.4 Å². The standard InChI is InChI=1S/C24H34N4O2S/c1-18(17-31-22-12-7-6-11-21(22)30-5)16-27-24(25-2)26-14-13-19-9-8-10-20(15-19)23(29)28(3)4/h6-12,15,18H,13-14,16-17H2,1-5H3,(H2,25,26,27). The van der Waals surface area contributed by atoms with Gasteiger partial charge in [-0.15, -0.1) is 11.8 Å². The number of thioether (sulfide) groups is 1. The summed E-state index contributed by atoms with van der Waals surface area (Å²) in [5.41, 5.74) is 1.84. The van der Waals surface area contributed by atoms with E-state index in [-0.39, 0.29) is 5.91 Å². The van der Waals surface area contributed by atoms with Gasteiger partial charge in [0.05, 0.1) is 7.11 Å². The van der Waals surface area contributed by atoms with E-state index in [4.69, 9.17) is 4.74 Å². The normalized spacial score (nSPS) is 12.2. The Balaban J connectivity index is 1.75.